The van der Waals surface area contributed by atoms with Crippen LogP contribution in [-0.2, 0) is 26.1 Å². The van der Waals surface area contributed by atoms with Crippen LogP contribution >= 0.6 is 11.3 Å². The lowest BCUT2D eigenvalue weighted by Crippen LogP contribution is -2.38. The van der Waals surface area contributed by atoms with Gasteiger partial charge in [0.05, 0.1) is 6.54 Å². The highest BCUT2D eigenvalue weighted by atomic mass is 32.1. The maximum absolute atomic E-state index is 10.5. The lowest BCUT2D eigenvalue weighted by Gasteiger charge is -2.30. The van der Waals surface area contributed by atoms with Crippen molar-refractivity contribution >= 4 is 11.3 Å². The predicted octanol–water partition coefficient (Wildman–Crippen LogP) is 3.57. The second-order valence-corrected chi connectivity index (χ2v) is 8.94. The lowest BCUT2D eigenvalue weighted by atomic mass is 10.00. The summed E-state index contributed by atoms with van der Waals surface area (Å²) < 4.78 is 5.90. The summed E-state index contributed by atoms with van der Waals surface area (Å²) in [7, 11) is 2.09. The SMILES string of the molecule is CN(Cc1cccc(OC[C@@H](O)CN2CCc3ccccc3C2)c1)Cc1nccs1. The molecule has 158 valence electrons. The number of ether oxygens (including phenoxy) is 1. The summed E-state index contributed by atoms with van der Waals surface area (Å²) in [5.74, 6) is 0.804. The lowest BCUT2D eigenvalue weighted by molar-refractivity contribution is 0.0637. The van der Waals surface area contributed by atoms with Crippen molar-refractivity contribution < 1.29 is 9.84 Å². The van der Waals surface area contributed by atoms with E-state index in [2.05, 4.69) is 58.2 Å². The molecule has 0 bridgehead atoms. The number of fused-ring (bicyclic) bond motifs is 1. The van der Waals surface area contributed by atoms with Crippen LogP contribution in [0.4, 0.5) is 0 Å². The summed E-state index contributed by atoms with van der Waals surface area (Å²) in [6, 6.07) is 16.7. The predicted molar refractivity (Wildman–Crippen MR) is 121 cm³/mol. The van der Waals surface area contributed by atoms with Crippen molar-refractivity contribution in [3.8, 4) is 5.75 Å². The van der Waals surface area contributed by atoms with E-state index in [0.717, 1.165) is 43.4 Å². The Hall–Kier alpha value is -2.25. The molecule has 6 heteroatoms. The molecular weight excluding hydrogens is 394 g/mol. The van der Waals surface area contributed by atoms with E-state index in [-0.39, 0.29) is 0 Å². The van der Waals surface area contributed by atoms with Crippen molar-refractivity contribution in [1.29, 1.82) is 0 Å². The second kappa shape index (κ2) is 10.2. The minimum atomic E-state index is -0.508. The third-order valence-corrected chi connectivity index (χ3v) is 6.13. The average molecular weight is 424 g/mol. The van der Waals surface area contributed by atoms with Crippen LogP contribution in [-0.4, -0.2) is 52.7 Å². The summed E-state index contributed by atoms with van der Waals surface area (Å²) >= 11 is 1.68. The minimum absolute atomic E-state index is 0.302. The zero-order chi connectivity index (χ0) is 20.8. The van der Waals surface area contributed by atoms with Gasteiger partial charge in [-0.15, -0.1) is 11.3 Å². The molecule has 0 saturated heterocycles. The number of β-amino-alcohol motifs (C(OH)–C–C–N with tert-alkyl or cyclic N) is 1. The fraction of sp³-hybridized carbons (Fsp3) is 0.375. The molecule has 0 fully saturated rings. The fourth-order valence-corrected chi connectivity index (χ4v) is 4.61. The van der Waals surface area contributed by atoms with Crippen LogP contribution in [0.5, 0.6) is 5.75 Å². The Balaban J connectivity index is 1.24. The van der Waals surface area contributed by atoms with Gasteiger partial charge in [-0.05, 0) is 42.3 Å². The smallest absolute Gasteiger partial charge is 0.119 e. The Morgan fingerprint density at radius 3 is 2.87 bits per heavy atom. The molecule has 0 radical (unpaired) electrons. The number of thiazole rings is 1. The maximum Gasteiger partial charge on any atom is 0.119 e. The van der Waals surface area contributed by atoms with E-state index in [0.29, 0.717) is 13.2 Å². The largest absolute Gasteiger partial charge is 0.491 e. The van der Waals surface area contributed by atoms with Crippen molar-refractivity contribution in [3.63, 3.8) is 0 Å². The van der Waals surface area contributed by atoms with E-state index in [1.807, 2.05) is 23.7 Å². The molecule has 1 atom stereocenters. The quantitative estimate of drug-likeness (QED) is 0.570. The van der Waals surface area contributed by atoms with Crippen molar-refractivity contribution in [2.45, 2.75) is 32.2 Å². The number of aliphatic hydroxyl groups excluding tert-OH is 1. The average Bonchev–Trinajstić information content (AvgIpc) is 3.25. The Morgan fingerprint density at radius 2 is 2.03 bits per heavy atom. The van der Waals surface area contributed by atoms with E-state index < -0.39 is 6.10 Å². The Labute approximate surface area is 182 Å². The van der Waals surface area contributed by atoms with Crippen molar-refractivity contribution in [2.75, 3.05) is 26.7 Å². The van der Waals surface area contributed by atoms with Gasteiger partial charge in [-0.3, -0.25) is 9.80 Å². The van der Waals surface area contributed by atoms with Crippen LogP contribution in [0.15, 0.2) is 60.1 Å². The Kier molecular flexibility index (Phi) is 7.12. The molecule has 1 aromatic heterocycles. The molecule has 2 heterocycles. The highest BCUT2D eigenvalue weighted by Crippen LogP contribution is 2.19. The van der Waals surface area contributed by atoms with Crippen molar-refractivity contribution in [3.05, 3.63) is 81.8 Å². The third-order valence-electron chi connectivity index (χ3n) is 5.36. The van der Waals surface area contributed by atoms with E-state index >= 15 is 0 Å². The highest BCUT2D eigenvalue weighted by molar-refractivity contribution is 7.09. The maximum atomic E-state index is 10.5. The molecule has 1 N–H and O–H groups in total. The molecule has 30 heavy (non-hydrogen) atoms. The van der Waals surface area contributed by atoms with Crippen LogP contribution in [0, 0.1) is 0 Å². The minimum Gasteiger partial charge on any atom is -0.491 e. The van der Waals surface area contributed by atoms with E-state index in [9.17, 15) is 5.11 Å². The monoisotopic (exact) mass is 423 g/mol. The normalized spacial score (nSPS) is 15.2. The summed E-state index contributed by atoms with van der Waals surface area (Å²) in [6.07, 6.45) is 2.38. The zero-order valence-corrected chi connectivity index (χ0v) is 18.2. The summed E-state index contributed by atoms with van der Waals surface area (Å²) in [5, 5.41) is 13.6. The Morgan fingerprint density at radius 1 is 1.17 bits per heavy atom. The molecule has 4 rings (SSSR count). The van der Waals surface area contributed by atoms with Gasteiger partial charge in [-0.25, -0.2) is 4.98 Å². The molecular formula is C24H29N3O2S. The summed E-state index contributed by atoms with van der Waals surface area (Å²) in [5.41, 5.74) is 3.98. The zero-order valence-electron chi connectivity index (χ0n) is 17.4. The molecule has 0 spiro atoms. The van der Waals surface area contributed by atoms with Crippen LogP contribution in [0.25, 0.3) is 0 Å². The van der Waals surface area contributed by atoms with Gasteiger partial charge in [0.15, 0.2) is 0 Å². The molecule has 0 amide bonds. The third kappa shape index (κ3) is 5.89. The van der Waals surface area contributed by atoms with Crippen LogP contribution < -0.4 is 4.74 Å². The summed E-state index contributed by atoms with van der Waals surface area (Å²) in [4.78, 5) is 8.89. The van der Waals surface area contributed by atoms with Gasteiger partial charge < -0.3 is 9.84 Å². The van der Waals surface area contributed by atoms with E-state index in [1.165, 1.54) is 16.7 Å². The Bertz CT molecular complexity index is 932. The standard InChI is InChI=1S/C24H29N3O2S/c1-26(17-24-25-10-12-30-24)14-19-5-4-8-23(13-19)29-18-22(28)16-27-11-9-20-6-2-3-7-21(20)15-27/h2-8,10,12-13,22,28H,9,11,14-18H2,1H3/t22-/m0/s1. The fourth-order valence-electron chi connectivity index (χ4n) is 3.92. The molecule has 0 unspecified atom stereocenters. The van der Waals surface area contributed by atoms with Gasteiger partial charge in [0, 0.05) is 37.8 Å². The van der Waals surface area contributed by atoms with Gasteiger partial charge in [0.1, 0.15) is 23.5 Å². The van der Waals surface area contributed by atoms with Crippen LogP contribution in [0.1, 0.15) is 21.7 Å². The first-order valence-corrected chi connectivity index (χ1v) is 11.3. The molecule has 0 aliphatic carbocycles. The van der Waals surface area contributed by atoms with Crippen molar-refractivity contribution in [1.82, 2.24) is 14.8 Å². The van der Waals surface area contributed by atoms with Crippen LogP contribution in [0.2, 0.25) is 0 Å². The first-order chi connectivity index (χ1) is 14.7. The van der Waals surface area contributed by atoms with Crippen LogP contribution in [0.3, 0.4) is 0 Å². The van der Waals surface area contributed by atoms with E-state index in [1.54, 1.807) is 11.3 Å². The highest BCUT2D eigenvalue weighted by Gasteiger charge is 2.18. The number of hydrogen-bond donors (Lipinski definition) is 1. The molecule has 5 nitrogen and oxygen atoms in total. The molecule has 2 aromatic carbocycles. The summed E-state index contributed by atoms with van der Waals surface area (Å²) in [6.45, 7) is 4.47. The van der Waals surface area contributed by atoms with Gasteiger partial charge in [0.25, 0.3) is 0 Å². The topological polar surface area (TPSA) is 48.8 Å². The van der Waals surface area contributed by atoms with Gasteiger partial charge in [-0.1, -0.05) is 36.4 Å². The number of aromatic nitrogens is 1. The van der Waals surface area contributed by atoms with E-state index in [4.69, 9.17) is 4.74 Å². The number of benzene rings is 2. The molecule has 3 aromatic rings. The first kappa shape index (κ1) is 21.0. The van der Waals surface area contributed by atoms with Crippen molar-refractivity contribution in [2.24, 2.45) is 0 Å². The number of nitrogens with zero attached hydrogens (tertiary/aromatic N) is 3. The second-order valence-electron chi connectivity index (χ2n) is 7.96. The van der Waals surface area contributed by atoms with Gasteiger partial charge in [-0.2, -0.15) is 0 Å². The number of aliphatic hydroxyl groups is 1. The molecule has 1 aliphatic heterocycles. The molecule has 0 saturated carbocycles. The first-order valence-electron chi connectivity index (χ1n) is 10.4. The van der Waals surface area contributed by atoms with Gasteiger partial charge >= 0.3 is 0 Å². The van der Waals surface area contributed by atoms with Gasteiger partial charge in [0.2, 0.25) is 0 Å². The number of hydrogen-bond acceptors (Lipinski definition) is 6. The number of rotatable bonds is 9. The molecule has 1 aliphatic rings.